The number of aromatic nitrogens is 1. The molecule has 0 amide bonds. The zero-order chi connectivity index (χ0) is 20.3. The second-order valence-corrected chi connectivity index (χ2v) is 8.24. The number of hydrogen-bond donors (Lipinski definition) is 0. The predicted octanol–water partition coefficient (Wildman–Crippen LogP) is 2.70. The molecule has 148 valence electrons. The Bertz CT molecular complexity index is 1180. The number of hydrogen-bond acceptors (Lipinski definition) is 6. The molecule has 0 saturated carbocycles. The molecule has 3 rings (SSSR count). The lowest BCUT2D eigenvalue weighted by Gasteiger charge is -2.05. The van der Waals surface area contributed by atoms with E-state index in [4.69, 9.17) is 9.47 Å². The summed E-state index contributed by atoms with van der Waals surface area (Å²) in [6.07, 6.45) is 0. The summed E-state index contributed by atoms with van der Waals surface area (Å²) in [6.45, 7) is 2.13. The van der Waals surface area contributed by atoms with Crippen molar-refractivity contribution >= 4 is 37.5 Å². The van der Waals surface area contributed by atoms with E-state index in [0.29, 0.717) is 22.6 Å². The van der Waals surface area contributed by atoms with Gasteiger partial charge >= 0.3 is 5.97 Å². The van der Waals surface area contributed by atoms with Gasteiger partial charge in [0.25, 0.3) is 10.0 Å². The minimum absolute atomic E-state index is 0.0957. The van der Waals surface area contributed by atoms with Crippen molar-refractivity contribution < 1.29 is 27.1 Å². The van der Waals surface area contributed by atoms with Gasteiger partial charge < -0.3 is 14.0 Å². The van der Waals surface area contributed by atoms with Gasteiger partial charge in [-0.1, -0.05) is 11.3 Å². The third kappa shape index (κ3) is 4.23. The van der Waals surface area contributed by atoms with E-state index in [-0.39, 0.29) is 16.2 Å². The van der Waals surface area contributed by atoms with Crippen molar-refractivity contribution in [2.75, 3.05) is 13.7 Å². The first-order valence-corrected chi connectivity index (χ1v) is 10.5. The van der Waals surface area contributed by atoms with Crippen LogP contribution in [-0.4, -0.2) is 32.7 Å². The first kappa shape index (κ1) is 20.0. The van der Waals surface area contributed by atoms with E-state index >= 15 is 0 Å². The van der Waals surface area contributed by atoms with Crippen LogP contribution in [0.3, 0.4) is 0 Å². The van der Waals surface area contributed by atoms with Crippen molar-refractivity contribution in [1.29, 1.82) is 0 Å². The minimum atomic E-state index is -4.10. The maximum absolute atomic E-state index is 13.1. The molecule has 0 aliphatic heterocycles. The Balaban J connectivity index is 2.19. The molecular formula is C18H17FN2O5S2. The highest BCUT2D eigenvalue weighted by atomic mass is 32.2. The van der Waals surface area contributed by atoms with Crippen LogP contribution < -0.4 is 9.54 Å². The number of methoxy groups -OCH3 is 1. The van der Waals surface area contributed by atoms with Crippen LogP contribution in [0.1, 0.15) is 6.92 Å². The number of thiazole rings is 1. The van der Waals surface area contributed by atoms with E-state index in [1.165, 1.54) is 11.7 Å². The largest absolute Gasteiger partial charge is 0.494 e. The molecule has 1 aromatic heterocycles. The Morgan fingerprint density at radius 2 is 1.93 bits per heavy atom. The quantitative estimate of drug-likeness (QED) is 0.568. The van der Waals surface area contributed by atoms with E-state index in [0.717, 1.165) is 35.6 Å². The van der Waals surface area contributed by atoms with Crippen molar-refractivity contribution in [1.82, 2.24) is 4.57 Å². The fourth-order valence-corrected chi connectivity index (χ4v) is 4.75. The van der Waals surface area contributed by atoms with Gasteiger partial charge in [-0.15, -0.1) is 4.40 Å². The predicted molar refractivity (Wildman–Crippen MR) is 102 cm³/mol. The summed E-state index contributed by atoms with van der Waals surface area (Å²) in [4.78, 5) is 11.8. The zero-order valence-corrected chi connectivity index (χ0v) is 16.7. The number of benzene rings is 2. The number of carbonyl (C=O) groups excluding carboxylic acids is 1. The summed E-state index contributed by atoms with van der Waals surface area (Å²) in [7, 11) is -2.85. The molecule has 0 fully saturated rings. The number of sulfonamides is 1. The lowest BCUT2D eigenvalue weighted by molar-refractivity contribution is -0.141. The van der Waals surface area contributed by atoms with Gasteiger partial charge in [0.2, 0.25) is 4.80 Å². The topological polar surface area (TPSA) is 87.0 Å². The molecule has 0 unspecified atom stereocenters. The summed E-state index contributed by atoms with van der Waals surface area (Å²) in [5.41, 5.74) is 0.618. The lowest BCUT2D eigenvalue weighted by Crippen LogP contribution is -2.22. The second kappa shape index (κ2) is 8.11. The first-order chi connectivity index (χ1) is 13.3. The van der Waals surface area contributed by atoms with Crippen molar-refractivity contribution in [3.05, 3.63) is 53.1 Å². The SMILES string of the molecule is CCOc1ccc2c(c1)sc(=NS(=O)(=O)c1ccc(F)cc1)n2CC(=O)OC. The highest BCUT2D eigenvalue weighted by molar-refractivity contribution is 7.90. The lowest BCUT2D eigenvalue weighted by atomic mass is 10.3. The van der Waals surface area contributed by atoms with Gasteiger partial charge in [0.05, 0.1) is 28.8 Å². The summed E-state index contributed by atoms with van der Waals surface area (Å²) >= 11 is 1.10. The standard InChI is InChI=1S/C18H17FN2O5S2/c1-3-26-13-6-9-15-16(10-13)27-18(21(15)11-17(22)25-2)20-28(23,24)14-7-4-12(19)5-8-14/h4-10H,3,11H2,1-2H3. The molecule has 0 N–H and O–H groups in total. The van der Waals surface area contributed by atoms with Gasteiger partial charge in [-0.25, -0.2) is 4.39 Å². The Morgan fingerprint density at radius 3 is 2.57 bits per heavy atom. The van der Waals surface area contributed by atoms with Crippen LogP contribution in [0.25, 0.3) is 10.2 Å². The van der Waals surface area contributed by atoms with E-state index in [9.17, 15) is 17.6 Å². The summed E-state index contributed by atoms with van der Waals surface area (Å²) in [6, 6.07) is 9.57. The molecule has 10 heteroatoms. The number of ether oxygens (including phenoxy) is 2. The normalized spacial score (nSPS) is 12.3. The molecular weight excluding hydrogens is 407 g/mol. The average molecular weight is 424 g/mol. The third-order valence-corrected chi connectivity index (χ3v) is 6.23. The van der Waals surface area contributed by atoms with E-state index < -0.39 is 21.8 Å². The third-order valence-electron chi connectivity index (χ3n) is 3.79. The van der Waals surface area contributed by atoms with Gasteiger partial charge in [0, 0.05) is 0 Å². The van der Waals surface area contributed by atoms with Crippen LogP contribution in [0.5, 0.6) is 5.75 Å². The molecule has 0 spiro atoms. The minimum Gasteiger partial charge on any atom is -0.494 e. The van der Waals surface area contributed by atoms with Crippen LogP contribution >= 0.6 is 11.3 Å². The summed E-state index contributed by atoms with van der Waals surface area (Å²) < 4.78 is 54.6. The number of fused-ring (bicyclic) bond motifs is 1. The van der Waals surface area contributed by atoms with Gasteiger partial charge in [-0.05, 0) is 49.4 Å². The number of carbonyl (C=O) groups is 1. The van der Waals surface area contributed by atoms with Crippen LogP contribution in [-0.2, 0) is 26.1 Å². The molecule has 0 saturated heterocycles. The van der Waals surface area contributed by atoms with Crippen molar-refractivity contribution in [3.63, 3.8) is 0 Å². The zero-order valence-electron chi connectivity index (χ0n) is 15.1. The molecule has 0 aliphatic rings. The highest BCUT2D eigenvalue weighted by Gasteiger charge is 2.17. The van der Waals surface area contributed by atoms with E-state index in [1.54, 1.807) is 18.2 Å². The van der Waals surface area contributed by atoms with Crippen molar-refractivity contribution in [2.45, 2.75) is 18.4 Å². The second-order valence-electron chi connectivity index (χ2n) is 5.63. The van der Waals surface area contributed by atoms with Crippen molar-refractivity contribution in [2.24, 2.45) is 4.40 Å². The molecule has 0 bridgehead atoms. The number of nitrogens with zero attached hydrogens (tertiary/aromatic N) is 2. The molecule has 1 heterocycles. The molecule has 7 nitrogen and oxygen atoms in total. The molecule has 0 atom stereocenters. The van der Waals surface area contributed by atoms with Crippen LogP contribution in [0.15, 0.2) is 51.8 Å². The maximum atomic E-state index is 13.1. The first-order valence-electron chi connectivity index (χ1n) is 8.23. The van der Waals surface area contributed by atoms with E-state index in [2.05, 4.69) is 4.40 Å². The van der Waals surface area contributed by atoms with E-state index in [1.807, 2.05) is 6.92 Å². The summed E-state index contributed by atoms with van der Waals surface area (Å²) in [5.74, 6) is -0.478. The van der Waals surface area contributed by atoms with Crippen LogP contribution in [0, 0.1) is 5.82 Å². The fraction of sp³-hybridized carbons (Fsp3) is 0.222. The molecule has 2 aromatic carbocycles. The van der Waals surface area contributed by atoms with Crippen molar-refractivity contribution in [3.8, 4) is 5.75 Å². The van der Waals surface area contributed by atoms with Gasteiger partial charge in [0.15, 0.2) is 0 Å². The van der Waals surface area contributed by atoms with Gasteiger partial charge in [0.1, 0.15) is 18.1 Å². The Labute approximate surface area is 164 Å². The molecule has 0 radical (unpaired) electrons. The highest BCUT2D eigenvalue weighted by Crippen LogP contribution is 2.24. The molecule has 28 heavy (non-hydrogen) atoms. The Morgan fingerprint density at radius 1 is 1.21 bits per heavy atom. The van der Waals surface area contributed by atoms with Gasteiger partial charge in [-0.2, -0.15) is 8.42 Å². The monoisotopic (exact) mass is 424 g/mol. The molecule has 0 aliphatic carbocycles. The Kier molecular flexibility index (Phi) is 5.80. The van der Waals surface area contributed by atoms with Crippen LogP contribution in [0.4, 0.5) is 4.39 Å². The van der Waals surface area contributed by atoms with Crippen LogP contribution in [0.2, 0.25) is 0 Å². The fourth-order valence-electron chi connectivity index (χ4n) is 2.49. The molecule has 3 aromatic rings. The average Bonchev–Trinajstić information content (AvgIpc) is 2.98. The Hall–Kier alpha value is -2.72. The smallest absolute Gasteiger partial charge is 0.325 e. The number of halogens is 1. The number of rotatable bonds is 6. The summed E-state index contributed by atoms with van der Waals surface area (Å²) in [5, 5.41) is 0. The number of esters is 1. The maximum Gasteiger partial charge on any atom is 0.325 e. The van der Waals surface area contributed by atoms with Gasteiger partial charge in [-0.3, -0.25) is 4.79 Å².